The predicted octanol–water partition coefficient (Wildman–Crippen LogP) is -0.0322. The van der Waals surface area contributed by atoms with Crippen molar-refractivity contribution >= 4 is 5.97 Å². The third-order valence-electron chi connectivity index (χ3n) is 2.08. The van der Waals surface area contributed by atoms with Gasteiger partial charge in [-0.15, -0.1) is 0 Å². The number of aromatic nitrogens is 2. The lowest BCUT2D eigenvalue weighted by atomic mass is 10.1. The summed E-state index contributed by atoms with van der Waals surface area (Å²) in [6.45, 7) is -0.281. The van der Waals surface area contributed by atoms with Crippen LogP contribution in [0.2, 0.25) is 0 Å². The Morgan fingerprint density at radius 3 is 2.67 bits per heavy atom. The minimum Gasteiger partial charge on any atom is -0.463 e. The van der Waals surface area contributed by atoms with Crippen LogP contribution in [0.3, 0.4) is 0 Å². The number of hydrogen-bond acceptors (Lipinski definition) is 7. The average Bonchev–Trinajstić information content (AvgIpc) is 2.43. The van der Waals surface area contributed by atoms with Gasteiger partial charge in [0, 0.05) is 22.9 Å². The summed E-state index contributed by atoms with van der Waals surface area (Å²) in [6, 6.07) is 0. The molecule has 2 atom stereocenters. The fourth-order valence-electron chi connectivity index (χ4n) is 1.13. The Balaban J connectivity index is 2.78. The number of carbonyl (C=O) groups excluding carboxylic acids is 1. The Labute approximate surface area is 102 Å². The summed E-state index contributed by atoms with van der Waals surface area (Å²) < 4.78 is 4.41. The lowest BCUT2D eigenvalue weighted by Crippen LogP contribution is -2.22. The number of ether oxygens (including phenoxy) is 1. The second-order valence-electron chi connectivity index (χ2n) is 3.26. The number of hydrogen-bond donors (Lipinski definition) is 2. The van der Waals surface area contributed by atoms with E-state index in [1.165, 1.54) is 19.5 Å². The van der Waals surface area contributed by atoms with Gasteiger partial charge < -0.3 is 14.9 Å². The monoisotopic (exact) mass is 253 g/mol. The number of aliphatic hydroxyl groups is 2. The standard InChI is InChI=1S/C9H11N5O4/c1-18-9(17)8-11-2-5(3-12-8)7(16)6(15)4-13-14-10/h2-3,6-7,15-16H,4H2,1H3. The minimum atomic E-state index is -1.30. The van der Waals surface area contributed by atoms with Crippen LogP contribution < -0.4 is 0 Å². The van der Waals surface area contributed by atoms with Crippen molar-refractivity contribution in [2.75, 3.05) is 13.7 Å². The summed E-state index contributed by atoms with van der Waals surface area (Å²) in [5, 5.41) is 22.3. The molecule has 0 saturated carbocycles. The molecular weight excluding hydrogens is 242 g/mol. The highest BCUT2D eigenvalue weighted by Gasteiger charge is 2.19. The van der Waals surface area contributed by atoms with E-state index in [1.54, 1.807) is 0 Å². The minimum absolute atomic E-state index is 0.155. The summed E-state index contributed by atoms with van der Waals surface area (Å²) in [6.07, 6.45) is -0.206. The van der Waals surface area contributed by atoms with Crippen LogP contribution >= 0.6 is 0 Å². The molecule has 0 aliphatic rings. The average molecular weight is 253 g/mol. The molecule has 0 aliphatic heterocycles. The number of azide groups is 1. The molecule has 1 aromatic heterocycles. The lowest BCUT2D eigenvalue weighted by molar-refractivity contribution is 0.0239. The molecule has 0 aliphatic carbocycles. The van der Waals surface area contributed by atoms with E-state index in [9.17, 15) is 15.0 Å². The summed E-state index contributed by atoms with van der Waals surface area (Å²) in [5.74, 6) is -0.858. The molecule has 0 amide bonds. The Hall–Kier alpha value is -2.22. The molecule has 0 radical (unpaired) electrons. The SMILES string of the molecule is COC(=O)c1ncc(C(O)C(O)CN=[N+]=[N-])cn1. The van der Waals surface area contributed by atoms with Gasteiger partial charge in [0.1, 0.15) is 6.10 Å². The molecule has 1 aromatic rings. The molecular formula is C9H11N5O4. The third-order valence-corrected chi connectivity index (χ3v) is 2.08. The molecule has 9 heteroatoms. The quantitative estimate of drug-likeness (QED) is 0.326. The van der Waals surface area contributed by atoms with Gasteiger partial charge in [-0.25, -0.2) is 14.8 Å². The zero-order chi connectivity index (χ0) is 13.5. The van der Waals surface area contributed by atoms with E-state index in [4.69, 9.17) is 5.53 Å². The van der Waals surface area contributed by atoms with Gasteiger partial charge in [-0.3, -0.25) is 0 Å². The van der Waals surface area contributed by atoms with Crippen LogP contribution in [0.15, 0.2) is 17.5 Å². The maximum absolute atomic E-state index is 11.1. The van der Waals surface area contributed by atoms with Crippen LogP contribution in [0.4, 0.5) is 0 Å². The number of nitrogens with zero attached hydrogens (tertiary/aromatic N) is 5. The van der Waals surface area contributed by atoms with Gasteiger partial charge in [-0.2, -0.15) is 0 Å². The van der Waals surface area contributed by atoms with E-state index in [0.29, 0.717) is 0 Å². The number of rotatable bonds is 5. The molecule has 0 spiro atoms. The van der Waals surface area contributed by atoms with Crippen LogP contribution in [0.1, 0.15) is 22.3 Å². The van der Waals surface area contributed by atoms with Crippen molar-refractivity contribution in [3.8, 4) is 0 Å². The fraction of sp³-hybridized carbons (Fsp3) is 0.444. The second kappa shape index (κ2) is 6.50. The third kappa shape index (κ3) is 3.39. The molecule has 0 saturated heterocycles. The van der Waals surface area contributed by atoms with Crippen LogP contribution in [0, 0.1) is 0 Å². The maximum atomic E-state index is 11.1. The Bertz CT molecular complexity index is 457. The summed E-state index contributed by atoms with van der Waals surface area (Å²) in [7, 11) is 1.19. The van der Waals surface area contributed by atoms with Crippen molar-refractivity contribution in [1.29, 1.82) is 0 Å². The summed E-state index contributed by atoms with van der Waals surface area (Å²) >= 11 is 0. The van der Waals surface area contributed by atoms with Crippen LogP contribution in [0.25, 0.3) is 10.4 Å². The molecule has 2 unspecified atom stereocenters. The smallest absolute Gasteiger partial charge is 0.376 e. The fourth-order valence-corrected chi connectivity index (χ4v) is 1.13. The van der Waals surface area contributed by atoms with Crippen molar-refractivity contribution in [1.82, 2.24) is 9.97 Å². The van der Waals surface area contributed by atoms with E-state index < -0.39 is 18.2 Å². The first-order chi connectivity index (χ1) is 8.60. The van der Waals surface area contributed by atoms with Crippen molar-refractivity contribution in [2.24, 2.45) is 5.11 Å². The first-order valence-corrected chi connectivity index (χ1v) is 4.87. The molecule has 9 nitrogen and oxygen atoms in total. The molecule has 96 valence electrons. The lowest BCUT2D eigenvalue weighted by Gasteiger charge is -2.15. The van der Waals surface area contributed by atoms with E-state index in [-0.39, 0.29) is 17.9 Å². The van der Waals surface area contributed by atoms with Crippen LogP contribution in [0.5, 0.6) is 0 Å². The highest BCUT2D eigenvalue weighted by molar-refractivity contribution is 5.84. The number of aliphatic hydroxyl groups excluding tert-OH is 2. The first-order valence-electron chi connectivity index (χ1n) is 4.87. The van der Waals surface area contributed by atoms with E-state index in [0.717, 1.165) is 0 Å². The van der Waals surface area contributed by atoms with Gasteiger partial charge in [0.15, 0.2) is 0 Å². The molecule has 1 rings (SSSR count). The molecule has 0 fully saturated rings. The van der Waals surface area contributed by atoms with E-state index in [1.807, 2.05) is 0 Å². The highest BCUT2D eigenvalue weighted by atomic mass is 16.5. The number of methoxy groups -OCH3 is 1. The van der Waals surface area contributed by atoms with E-state index >= 15 is 0 Å². The topological polar surface area (TPSA) is 141 Å². The first kappa shape index (κ1) is 13.8. The molecule has 0 bridgehead atoms. The largest absolute Gasteiger partial charge is 0.463 e. The van der Waals surface area contributed by atoms with Gasteiger partial charge in [0.25, 0.3) is 0 Å². The highest BCUT2D eigenvalue weighted by Crippen LogP contribution is 2.15. The number of esters is 1. The predicted molar refractivity (Wildman–Crippen MR) is 58.4 cm³/mol. The zero-order valence-electron chi connectivity index (χ0n) is 9.46. The van der Waals surface area contributed by atoms with Crippen molar-refractivity contribution < 1.29 is 19.7 Å². The molecule has 18 heavy (non-hydrogen) atoms. The van der Waals surface area contributed by atoms with Crippen LogP contribution in [-0.2, 0) is 4.74 Å². The molecule has 0 aromatic carbocycles. The van der Waals surface area contributed by atoms with Gasteiger partial charge in [-0.1, -0.05) is 5.11 Å². The molecule has 1 heterocycles. The zero-order valence-corrected chi connectivity index (χ0v) is 9.46. The number of carbonyl (C=O) groups is 1. The summed E-state index contributed by atoms with van der Waals surface area (Å²) in [4.78, 5) is 20.9. The second-order valence-corrected chi connectivity index (χ2v) is 3.26. The van der Waals surface area contributed by atoms with Gasteiger partial charge in [-0.05, 0) is 5.53 Å². The maximum Gasteiger partial charge on any atom is 0.376 e. The van der Waals surface area contributed by atoms with E-state index in [2.05, 4.69) is 24.7 Å². The van der Waals surface area contributed by atoms with Gasteiger partial charge >= 0.3 is 5.97 Å². The summed E-state index contributed by atoms with van der Waals surface area (Å²) in [5.41, 5.74) is 8.28. The Morgan fingerprint density at radius 1 is 1.56 bits per heavy atom. The van der Waals surface area contributed by atoms with Crippen molar-refractivity contribution in [2.45, 2.75) is 12.2 Å². The van der Waals surface area contributed by atoms with Gasteiger partial charge in [0.05, 0.1) is 19.8 Å². The molecule has 2 N–H and O–H groups in total. The van der Waals surface area contributed by atoms with Gasteiger partial charge in [0.2, 0.25) is 5.82 Å². The van der Waals surface area contributed by atoms with Crippen LogP contribution in [-0.4, -0.2) is 45.9 Å². The normalized spacial score (nSPS) is 13.3. The Kier molecular flexibility index (Phi) is 5.00. The Morgan fingerprint density at radius 2 is 2.17 bits per heavy atom. The van der Waals surface area contributed by atoms with Crippen molar-refractivity contribution in [3.63, 3.8) is 0 Å². The van der Waals surface area contributed by atoms with Crippen molar-refractivity contribution in [3.05, 3.63) is 34.2 Å².